The zero-order valence-corrected chi connectivity index (χ0v) is 10.1. The second kappa shape index (κ2) is 10.3. The third kappa shape index (κ3) is 10.1. The molecule has 5 heteroatoms. The predicted octanol–water partition coefficient (Wildman–Crippen LogP) is -1.22. The van der Waals surface area contributed by atoms with Crippen LogP contribution in [0.5, 0.6) is 0 Å². The van der Waals surface area contributed by atoms with Crippen molar-refractivity contribution in [3.63, 3.8) is 0 Å². The molecule has 0 aliphatic rings. The SMILES string of the molecule is CN(CCN)CCOCCN(C)CCN. The van der Waals surface area contributed by atoms with E-state index in [1.807, 2.05) is 0 Å². The zero-order valence-electron chi connectivity index (χ0n) is 10.1. The molecule has 92 valence electrons. The molecule has 0 aliphatic heterocycles. The molecule has 0 saturated heterocycles. The van der Waals surface area contributed by atoms with E-state index in [2.05, 4.69) is 23.9 Å². The lowest BCUT2D eigenvalue weighted by Gasteiger charge is -2.17. The van der Waals surface area contributed by atoms with Crippen LogP contribution in [0.1, 0.15) is 0 Å². The van der Waals surface area contributed by atoms with Crippen LogP contribution < -0.4 is 11.5 Å². The molecule has 0 atom stereocenters. The lowest BCUT2D eigenvalue weighted by atomic mass is 10.5. The normalized spacial score (nSPS) is 11.6. The Hall–Kier alpha value is -0.200. The summed E-state index contributed by atoms with van der Waals surface area (Å²) in [6.45, 7) is 6.69. The van der Waals surface area contributed by atoms with Gasteiger partial charge in [0.05, 0.1) is 13.2 Å². The van der Waals surface area contributed by atoms with Crippen molar-refractivity contribution in [3.8, 4) is 0 Å². The maximum absolute atomic E-state index is 5.50. The Balaban J connectivity index is 3.17. The Labute approximate surface area is 93.3 Å². The molecule has 0 saturated carbocycles. The summed E-state index contributed by atoms with van der Waals surface area (Å²) in [4.78, 5) is 4.34. The molecule has 0 heterocycles. The molecule has 5 nitrogen and oxygen atoms in total. The lowest BCUT2D eigenvalue weighted by Crippen LogP contribution is -2.31. The van der Waals surface area contributed by atoms with E-state index in [0.717, 1.165) is 39.4 Å². The Morgan fingerprint density at radius 1 is 0.800 bits per heavy atom. The monoisotopic (exact) mass is 218 g/mol. The molecule has 0 fully saturated rings. The van der Waals surface area contributed by atoms with Gasteiger partial charge in [-0.15, -0.1) is 0 Å². The molecule has 15 heavy (non-hydrogen) atoms. The first-order chi connectivity index (χ1) is 7.20. The second-order valence-corrected chi connectivity index (χ2v) is 3.80. The highest BCUT2D eigenvalue weighted by molar-refractivity contribution is 4.52. The quantitative estimate of drug-likeness (QED) is 0.450. The van der Waals surface area contributed by atoms with Gasteiger partial charge in [-0.3, -0.25) is 0 Å². The maximum Gasteiger partial charge on any atom is 0.0593 e. The molecule has 0 amide bonds. The third-order valence-electron chi connectivity index (χ3n) is 2.26. The standard InChI is InChI=1S/C10H26N4O/c1-13(5-3-11)7-9-15-10-8-14(2)6-4-12/h3-12H2,1-2H3. The fourth-order valence-electron chi connectivity index (χ4n) is 1.21. The minimum atomic E-state index is 0.704. The van der Waals surface area contributed by atoms with Crippen molar-refractivity contribution in [1.82, 2.24) is 9.80 Å². The van der Waals surface area contributed by atoms with Crippen LogP contribution in [0.25, 0.3) is 0 Å². The van der Waals surface area contributed by atoms with Crippen LogP contribution in [0, 0.1) is 0 Å². The van der Waals surface area contributed by atoms with Crippen LogP contribution in [-0.2, 0) is 4.74 Å². The van der Waals surface area contributed by atoms with Gasteiger partial charge in [0, 0.05) is 39.3 Å². The van der Waals surface area contributed by atoms with Crippen LogP contribution in [-0.4, -0.2) is 76.4 Å². The Kier molecular flexibility index (Phi) is 10.2. The van der Waals surface area contributed by atoms with E-state index in [1.54, 1.807) is 0 Å². The summed E-state index contributed by atoms with van der Waals surface area (Å²) in [7, 11) is 4.10. The van der Waals surface area contributed by atoms with Gasteiger partial charge >= 0.3 is 0 Å². The van der Waals surface area contributed by atoms with Crippen LogP contribution in [0.15, 0.2) is 0 Å². The van der Waals surface area contributed by atoms with Gasteiger partial charge in [0.1, 0.15) is 0 Å². The smallest absolute Gasteiger partial charge is 0.0593 e. The Bertz CT molecular complexity index is 121. The Morgan fingerprint density at radius 2 is 1.20 bits per heavy atom. The molecule has 0 aromatic carbocycles. The summed E-state index contributed by atoms with van der Waals surface area (Å²) in [5.74, 6) is 0. The molecule has 0 unspecified atom stereocenters. The summed E-state index contributed by atoms with van der Waals surface area (Å²) in [6.07, 6.45) is 0. The minimum absolute atomic E-state index is 0.704. The van der Waals surface area contributed by atoms with E-state index < -0.39 is 0 Å². The summed E-state index contributed by atoms with van der Waals surface area (Å²) in [6, 6.07) is 0. The lowest BCUT2D eigenvalue weighted by molar-refractivity contribution is 0.0954. The highest BCUT2D eigenvalue weighted by atomic mass is 16.5. The molecular formula is C10H26N4O. The minimum Gasteiger partial charge on any atom is -0.379 e. The van der Waals surface area contributed by atoms with E-state index in [9.17, 15) is 0 Å². The van der Waals surface area contributed by atoms with Gasteiger partial charge in [0.25, 0.3) is 0 Å². The average Bonchev–Trinajstić information content (AvgIpc) is 2.18. The highest BCUT2D eigenvalue weighted by Gasteiger charge is 1.98. The van der Waals surface area contributed by atoms with Gasteiger partial charge in [-0.1, -0.05) is 0 Å². The first kappa shape index (κ1) is 14.8. The molecule has 4 N–H and O–H groups in total. The van der Waals surface area contributed by atoms with Crippen LogP contribution in [0.3, 0.4) is 0 Å². The fraction of sp³-hybridized carbons (Fsp3) is 1.00. The molecule has 0 bridgehead atoms. The second-order valence-electron chi connectivity index (χ2n) is 3.80. The molecule has 0 rings (SSSR count). The van der Waals surface area contributed by atoms with Gasteiger partial charge in [-0.05, 0) is 14.1 Å². The number of rotatable bonds is 10. The first-order valence-electron chi connectivity index (χ1n) is 5.55. The van der Waals surface area contributed by atoms with Crippen molar-refractivity contribution in [2.75, 3.05) is 66.6 Å². The number of hydrogen-bond donors (Lipinski definition) is 2. The van der Waals surface area contributed by atoms with E-state index in [0.29, 0.717) is 13.1 Å². The molecule has 0 radical (unpaired) electrons. The van der Waals surface area contributed by atoms with E-state index in [-0.39, 0.29) is 0 Å². The van der Waals surface area contributed by atoms with E-state index in [4.69, 9.17) is 16.2 Å². The molecule has 0 aliphatic carbocycles. The maximum atomic E-state index is 5.50. The third-order valence-corrected chi connectivity index (χ3v) is 2.26. The van der Waals surface area contributed by atoms with Crippen LogP contribution in [0.4, 0.5) is 0 Å². The molecule has 0 aromatic heterocycles. The van der Waals surface area contributed by atoms with Crippen molar-refractivity contribution in [3.05, 3.63) is 0 Å². The number of nitrogens with two attached hydrogens (primary N) is 2. The molecule has 0 aromatic rings. The van der Waals surface area contributed by atoms with Gasteiger partial charge in [0.2, 0.25) is 0 Å². The summed E-state index contributed by atoms with van der Waals surface area (Å²) in [5.41, 5.74) is 10.9. The van der Waals surface area contributed by atoms with Crippen molar-refractivity contribution < 1.29 is 4.74 Å². The molecule has 0 spiro atoms. The number of likely N-dealkylation sites (N-methyl/N-ethyl adjacent to an activating group) is 2. The summed E-state index contributed by atoms with van der Waals surface area (Å²) < 4.78 is 5.50. The summed E-state index contributed by atoms with van der Waals surface area (Å²) in [5, 5.41) is 0. The predicted molar refractivity (Wildman–Crippen MR) is 63.9 cm³/mol. The first-order valence-corrected chi connectivity index (χ1v) is 5.55. The average molecular weight is 218 g/mol. The van der Waals surface area contributed by atoms with Gasteiger partial charge in [0.15, 0.2) is 0 Å². The van der Waals surface area contributed by atoms with Gasteiger partial charge in [-0.25, -0.2) is 0 Å². The molecular weight excluding hydrogens is 192 g/mol. The van der Waals surface area contributed by atoms with Crippen LogP contribution in [0.2, 0.25) is 0 Å². The van der Waals surface area contributed by atoms with Gasteiger partial charge < -0.3 is 26.0 Å². The Morgan fingerprint density at radius 3 is 1.53 bits per heavy atom. The zero-order chi connectivity index (χ0) is 11.5. The number of ether oxygens (including phenoxy) is 1. The van der Waals surface area contributed by atoms with Gasteiger partial charge in [-0.2, -0.15) is 0 Å². The van der Waals surface area contributed by atoms with Crippen LogP contribution >= 0.6 is 0 Å². The largest absolute Gasteiger partial charge is 0.379 e. The van der Waals surface area contributed by atoms with Crippen molar-refractivity contribution >= 4 is 0 Å². The highest BCUT2D eigenvalue weighted by Crippen LogP contribution is 1.85. The van der Waals surface area contributed by atoms with Crippen molar-refractivity contribution in [2.24, 2.45) is 11.5 Å². The topological polar surface area (TPSA) is 67.8 Å². The number of nitrogens with zero attached hydrogens (tertiary/aromatic N) is 2. The fourth-order valence-corrected chi connectivity index (χ4v) is 1.21. The summed E-state index contributed by atoms with van der Waals surface area (Å²) >= 11 is 0. The number of hydrogen-bond acceptors (Lipinski definition) is 5. The van der Waals surface area contributed by atoms with Crippen molar-refractivity contribution in [1.29, 1.82) is 0 Å². The van der Waals surface area contributed by atoms with E-state index in [1.165, 1.54) is 0 Å². The van der Waals surface area contributed by atoms with Crippen molar-refractivity contribution in [2.45, 2.75) is 0 Å². The van der Waals surface area contributed by atoms with E-state index >= 15 is 0 Å².